The first-order valence-corrected chi connectivity index (χ1v) is 4.78. The van der Waals surface area contributed by atoms with E-state index in [2.05, 4.69) is 32.6 Å². The van der Waals surface area contributed by atoms with Gasteiger partial charge in [0.15, 0.2) is 0 Å². The van der Waals surface area contributed by atoms with Crippen LogP contribution in [0.3, 0.4) is 0 Å². The molecule has 60 valence electrons. The zero-order valence-electron chi connectivity index (χ0n) is 5.96. The lowest BCUT2D eigenvalue weighted by Gasteiger charge is -1.99. The minimum atomic E-state index is 0.535. The van der Waals surface area contributed by atoms with E-state index >= 15 is 0 Å². The normalized spacial score (nSPS) is 10.5. The van der Waals surface area contributed by atoms with E-state index in [1.807, 2.05) is 6.07 Å². The van der Waals surface area contributed by atoms with Crippen LogP contribution in [-0.4, -0.2) is 9.97 Å². The zero-order valence-corrected chi connectivity index (χ0v) is 8.87. The lowest BCUT2D eigenvalue weighted by molar-refractivity contribution is 1.31. The number of nitrogens with zero attached hydrogens (tertiary/aromatic N) is 2. The van der Waals surface area contributed by atoms with Gasteiger partial charge in [0.2, 0.25) is 0 Å². The van der Waals surface area contributed by atoms with Crippen molar-refractivity contribution < 1.29 is 0 Å². The van der Waals surface area contributed by atoms with E-state index in [4.69, 9.17) is 11.6 Å². The SMILES string of the molecule is Clc1ncc(I)c2cnccc12. The predicted octanol–water partition coefficient (Wildman–Crippen LogP) is 2.89. The Balaban J connectivity index is 2.95. The fourth-order valence-corrected chi connectivity index (χ4v) is 1.80. The molecule has 0 N–H and O–H groups in total. The van der Waals surface area contributed by atoms with Gasteiger partial charge in [0, 0.05) is 32.9 Å². The van der Waals surface area contributed by atoms with Gasteiger partial charge in [0.05, 0.1) is 0 Å². The average molecular weight is 290 g/mol. The second-order valence-corrected chi connectivity index (χ2v) is 3.84. The second kappa shape index (κ2) is 3.14. The summed E-state index contributed by atoms with van der Waals surface area (Å²) in [4.78, 5) is 8.06. The molecular weight excluding hydrogens is 286 g/mol. The Morgan fingerprint density at radius 1 is 1.25 bits per heavy atom. The van der Waals surface area contributed by atoms with E-state index < -0.39 is 0 Å². The molecule has 0 spiro atoms. The van der Waals surface area contributed by atoms with Crippen molar-refractivity contribution in [1.29, 1.82) is 0 Å². The molecule has 0 radical (unpaired) electrons. The summed E-state index contributed by atoms with van der Waals surface area (Å²) >= 11 is 8.10. The van der Waals surface area contributed by atoms with Gasteiger partial charge in [-0.05, 0) is 28.7 Å². The van der Waals surface area contributed by atoms with Crippen LogP contribution in [0.2, 0.25) is 5.15 Å². The molecule has 0 saturated carbocycles. The molecule has 0 aliphatic carbocycles. The predicted molar refractivity (Wildman–Crippen MR) is 57.3 cm³/mol. The van der Waals surface area contributed by atoms with Crippen molar-refractivity contribution in [3.05, 3.63) is 33.4 Å². The number of aromatic nitrogens is 2. The van der Waals surface area contributed by atoms with Crippen molar-refractivity contribution >= 4 is 45.0 Å². The maximum Gasteiger partial charge on any atom is 0.137 e. The quantitative estimate of drug-likeness (QED) is 0.551. The van der Waals surface area contributed by atoms with Gasteiger partial charge in [-0.25, -0.2) is 4.98 Å². The summed E-state index contributed by atoms with van der Waals surface area (Å²) in [5.41, 5.74) is 0. The van der Waals surface area contributed by atoms with E-state index in [0.29, 0.717) is 5.15 Å². The standard InChI is InChI=1S/C8H4ClIN2/c9-8-5-1-2-11-3-6(5)7(10)4-12-8/h1-4H. The summed E-state index contributed by atoms with van der Waals surface area (Å²) in [6.45, 7) is 0. The number of hydrogen-bond acceptors (Lipinski definition) is 2. The highest BCUT2D eigenvalue weighted by Crippen LogP contribution is 2.23. The minimum absolute atomic E-state index is 0.535. The third-order valence-corrected chi connectivity index (χ3v) is 2.75. The molecule has 2 aromatic rings. The highest BCUT2D eigenvalue weighted by atomic mass is 127. The van der Waals surface area contributed by atoms with Crippen LogP contribution in [0.4, 0.5) is 0 Å². The van der Waals surface area contributed by atoms with Gasteiger partial charge in [-0.15, -0.1) is 0 Å². The van der Waals surface area contributed by atoms with Crippen LogP contribution in [0.15, 0.2) is 24.7 Å². The molecule has 0 bridgehead atoms. The first-order valence-electron chi connectivity index (χ1n) is 3.33. The monoisotopic (exact) mass is 290 g/mol. The Bertz CT molecular complexity index is 390. The Morgan fingerprint density at radius 2 is 2.08 bits per heavy atom. The van der Waals surface area contributed by atoms with E-state index in [1.165, 1.54) is 0 Å². The molecule has 12 heavy (non-hydrogen) atoms. The largest absolute Gasteiger partial charge is 0.264 e. The molecule has 0 fully saturated rings. The van der Waals surface area contributed by atoms with E-state index in [0.717, 1.165) is 14.3 Å². The maximum absolute atomic E-state index is 5.89. The summed E-state index contributed by atoms with van der Waals surface area (Å²) < 4.78 is 1.07. The third kappa shape index (κ3) is 1.27. The summed E-state index contributed by atoms with van der Waals surface area (Å²) in [6.07, 6.45) is 5.25. The lowest BCUT2D eigenvalue weighted by Crippen LogP contribution is -1.84. The van der Waals surface area contributed by atoms with Gasteiger partial charge in [0.1, 0.15) is 5.15 Å². The summed E-state index contributed by atoms with van der Waals surface area (Å²) in [5, 5.41) is 2.55. The molecule has 2 nitrogen and oxygen atoms in total. The van der Waals surface area contributed by atoms with Crippen LogP contribution in [0.5, 0.6) is 0 Å². The average Bonchev–Trinajstić information content (AvgIpc) is 2.12. The third-order valence-electron chi connectivity index (χ3n) is 1.59. The number of rotatable bonds is 0. The van der Waals surface area contributed by atoms with E-state index in [9.17, 15) is 0 Å². The molecule has 2 aromatic heterocycles. The summed E-state index contributed by atoms with van der Waals surface area (Å²) in [7, 11) is 0. The Kier molecular flexibility index (Phi) is 2.14. The topological polar surface area (TPSA) is 25.8 Å². The molecule has 0 aliphatic heterocycles. The fraction of sp³-hybridized carbons (Fsp3) is 0. The summed E-state index contributed by atoms with van der Waals surface area (Å²) in [6, 6.07) is 1.87. The first kappa shape index (κ1) is 8.19. The molecule has 0 unspecified atom stereocenters. The molecule has 0 saturated heterocycles. The fourth-order valence-electron chi connectivity index (χ4n) is 1.02. The Labute approximate surface area is 88.1 Å². The highest BCUT2D eigenvalue weighted by Gasteiger charge is 2.02. The van der Waals surface area contributed by atoms with Gasteiger partial charge in [-0.3, -0.25) is 4.98 Å². The summed E-state index contributed by atoms with van der Waals surface area (Å²) in [5.74, 6) is 0. The van der Waals surface area contributed by atoms with Crippen LogP contribution in [0.25, 0.3) is 10.8 Å². The van der Waals surface area contributed by atoms with Gasteiger partial charge in [-0.2, -0.15) is 0 Å². The molecule has 2 rings (SSSR count). The van der Waals surface area contributed by atoms with Gasteiger partial charge in [-0.1, -0.05) is 11.6 Å². The highest BCUT2D eigenvalue weighted by molar-refractivity contribution is 14.1. The number of hydrogen-bond donors (Lipinski definition) is 0. The van der Waals surface area contributed by atoms with Crippen LogP contribution in [-0.2, 0) is 0 Å². The van der Waals surface area contributed by atoms with E-state index in [-0.39, 0.29) is 0 Å². The Hall–Kier alpha value is -0.420. The second-order valence-electron chi connectivity index (χ2n) is 2.32. The van der Waals surface area contributed by atoms with Crippen molar-refractivity contribution in [3.63, 3.8) is 0 Å². The van der Waals surface area contributed by atoms with Gasteiger partial charge >= 0.3 is 0 Å². The number of halogens is 2. The Morgan fingerprint density at radius 3 is 2.83 bits per heavy atom. The molecule has 0 amide bonds. The smallest absolute Gasteiger partial charge is 0.137 e. The number of fused-ring (bicyclic) bond motifs is 1. The molecule has 4 heteroatoms. The van der Waals surface area contributed by atoms with Crippen LogP contribution < -0.4 is 0 Å². The van der Waals surface area contributed by atoms with Crippen LogP contribution in [0, 0.1) is 3.57 Å². The molecule has 0 aliphatic rings. The maximum atomic E-state index is 5.89. The van der Waals surface area contributed by atoms with Gasteiger partial charge in [0.25, 0.3) is 0 Å². The molecule has 0 atom stereocenters. The van der Waals surface area contributed by atoms with Crippen molar-refractivity contribution in [2.75, 3.05) is 0 Å². The zero-order chi connectivity index (χ0) is 8.55. The van der Waals surface area contributed by atoms with Crippen molar-refractivity contribution in [2.45, 2.75) is 0 Å². The minimum Gasteiger partial charge on any atom is -0.264 e. The molecule has 0 aromatic carbocycles. The number of pyridine rings is 2. The van der Waals surface area contributed by atoms with E-state index in [1.54, 1.807) is 18.6 Å². The molecule has 2 heterocycles. The van der Waals surface area contributed by atoms with Crippen LogP contribution in [0.1, 0.15) is 0 Å². The van der Waals surface area contributed by atoms with Crippen molar-refractivity contribution in [2.24, 2.45) is 0 Å². The van der Waals surface area contributed by atoms with Crippen molar-refractivity contribution in [3.8, 4) is 0 Å². The lowest BCUT2D eigenvalue weighted by atomic mass is 10.2. The van der Waals surface area contributed by atoms with Crippen LogP contribution >= 0.6 is 34.2 Å². The first-order chi connectivity index (χ1) is 5.79. The van der Waals surface area contributed by atoms with Crippen molar-refractivity contribution in [1.82, 2.24) is 9.97 Å². The molecular formula is C8H4ClIN2. The van der Waals surface area contributed by atoms with Gasteiger partial charge < -0.3 is 0 Å².